The van der Waals surface area contributed by atoms with Crippen molar-refractivity contribution in [2.24, 2.45) is 47.3 Å². The van der Waals surface area contributed by atoms with Gasteiger partial charge < -0.3 is 0 Å². The average Bonchev–Trinajstić information content (AvgIpc) is 3.18. The van der Waals surface area contributed by atoms with Crippen LogP contribution in [0.1, 0.15) is 83.1 Å². The lowest BCUT2D eigenvalue weighted by molar-refractivity contribution is 0.370. The van der Waals surface area contributed by atoms with E-state index in [1.54, 1.807) is 44.6 Å². The van der Waals surface area contributed by atoms with Crippen molar-refractivity contribution in [3.05, 3.63) is 44.6 Å². The normalized spacial score (nSPS) is 45.7. The molecule has 10 atom stereocenters. The minimum atomic E-state index is -1.03. The van der Waals surface area contributed by atoms with Crippen LogP contribution in [0.15, 0.2) is 44.6 Å². The molecule has 1 heteroatoms. The summed E-state index contributed by atoms with van der Waals surface area (Å²) >= 11 is 0. The smallest absolute Gasteiger partial charge is 0.0419 e. The zero-order chi connectivity index (χ0) is 24.0. The molecule has 178 valence electrons. The Kier molecular flexibility index (Phi) is 6.18. The predicted molar refractivity (Wildman–Crippen MR) is 145 cm³/mol. The molecule has 10 unspecified atom stereocenters. The molecule has 0 spiro atoms. The largest absolute Gasteiger partial charge is 0.0715 e. The third-order valence-corrected chi connectivity index (χ3v) is 16.8. The molecule has 32 heavy (non-hydrogen) atoms. The first-order valence-corrected chi connectivity index (χ1v) is 16.0. The second kappa shape index (κ2) is 8.14. The fourth-order valence-electron chi connectivity index (χ4n) is 9.64. The summed E-state index contributed by atoms with van der Waals surface area (Å²) in [5.74, 6) is 6.51. The van der Waals surface area contributed by atoms with Crippen molar-refractivity contribution in [1.82, 2.24) is 0 Å². The Morgan fingerprint density at radius 1 is 0.406 bits per heavy atom. The Balaban J connectivity index is 1.79. The van der Waals surface area contributed by atoms with Gasteiger partial charge in [0.1, 0.15) is 0 Å². The maximum absolute atomic E-state index is 2.80. The molecule has 0 N–H and O–H groups in total. The maximum atomic E-state index is 2.80. The molecule has 4 aliphatic carbocycles. The summed E-state index contributed by atoms with van der Waals surface area (Å²) in [6.07, 6.45) is 0. The highest BCUT2D eigenvalue weighted by Crippen LogP contribution is 2.65. The Bertz CT molecular complexity index is 864. The highest BCUT2D eigenvalue weighted by atomic mass is 28.3. The molecular weight excluding hydrogens is 400 g/mol. The molecule has 0 aliphatic heterocycles. The van der Waals surface area contributed by atoms with Crippen LogP contribution in [-0.4, -0.2) is 8.80 Å². The molecular formula is C31H50Si. The molecule has 0 aromatic rings. The van der Waals surface area contributed by atoms with Crippen LogP contribution in [0.3, 0.4) is 0 Å². The van der Waals surface area contributed by atoms with Crippen LogP contribution in [0.5, 0.6) is 0 Å². The van der Waals surface area contributed by atoms with E-state index >= 15 is 0 Å². The molecule has 0 bridgehead atoms. The third kappa shape index (κ3) is 3.05. The van der Waals surface area contributed by atoms with Gasteiger partial charge in [0.05, 0.1) is 0 Å². The van der Waals surface area contributed by atoms with E-state index in [4.69, 9.17) is 0 Å². The molecule has 0 heterocycles. The minimum absolute atomic E-state index is 0.784. The van der Waals surface area contributed by atoms with Gasteiger partial charge in [0.2, 0.25) is 0 Å². The van der Waals surface area contributed by atoms with Crippen LogP contribution in [0.25, 0.3) is 0 Å². The Hall–Kier alpha value is -0.823. The second-order valence-electron chi connectivity index (χ2n) is 12.8. The van der Waals surface area contributed by atoms with Crippen LogP contribution >= 0.6 is 0 Å². The number of hydrogen-bond acceptors (Lipinski definition) is 0. The quantitative estimate of drug-likeness (QED) is 0.368. The molecule has 2 saturated carbocycles. The van der Waals surface area contributed by atoms with E-state index in [2.05, 4.69) is 89.6 Å². The summed E-state index contributed by atoms with van der Waals surface area (Å²) in [5, 5.41) is 0. The maximum Gasteiger partial charge on any atom is 0.0419 e. The monoisotopic (exact) mass is 450 g/mol. The van der Waals surface area contributed by atoms with Gasteiger partial charge in [-0.2, -0.15) is 0 Å². The van der Waals surface area contributed by atoms with Gasteiger partial charge in [0.15, 0.2) is 0 Å². The molecule has 2 fully saturated rings. The Morgan fingerprint density at radius 3 is 0.938 bits per heavy atom. The topological polar surface area (TPSA) is 0 Å². The van der Waals surface area contributed by atoms with Crippen LogP contribution in [0.2, 0.25) is 17.6 Å². The van der Waals surface area contributed by atoms with Gasteiger partial charge >= 0.3 is 0 Å². The first-order chi connectivity index (χ1) is 14.8. The first kappa shape index (κ1) is 24.3. The molecule has 0 aromatic heterocycles. The van der Waals surface area contributed by atoms with Crippen LogP contribution in [0.4, 0.5) is 0 Å². The van der Waals surface area contributed by atoms with Crippen molar-refractivity contribution in [2.45, 2.75) is 101 Å². The highest BCUT2D eigenvalue weighted by molar-refractivity contribution is 6.61. The molecule has 0 aromatic carbocycles. The fraction of sp³-hybridized carbons (Fsp3) is 0.742. The zero-order valence-electron chi connectivity index (χ0n) is 23.4. The fourth-order valence-corrected chi connectivity index (χ4v) is 15.1. The second-order valence-corrected chi connectivity index (χ2v) is 16.0. The summed E-state index contributed by atoms with van der Waals surface area (Å²) in [6.45, 7) is 32.8. The number of hydrogen-bond donors (Lipinski definition) is 0. The summed E-state index contributed by atoms with van der Waals surface area (Å²) in [6, 6.07) is 0. The van der Waals surface area contributed by atoms with Gasteiger partial charge in [-0.1, -0.05) is 56.5 Å². The van der Waals surface area contributed by atoms with Crippen LogP contribution in [0, 0.1) is 47.3 Å². The van der Waals surface area contributed by atoms with Crippen molar-refractivity contribution in [3.8, 4) is 0 Å². The van der Waals surface area contributed by atoms with E-state index < -0.39 is 8.80 Å². The average molecular weight is 451 g/mol. The first-order valence-electron chi connectivity index (χ1n) is 13.5. The molecule has 0 nitrogen and oxygen atoms in total. The standard InChI is InChI=1S/C31H50Si/c1-14-16(3)20(7)28-26(18(14)5)22(9)24(11)30(28)32(13)31-25(12)23(10)27-19(6)15(2)17(4)21(8)29(27)31/h22-32H,1-13H3. The zero-order valence-corrected chi connectivity index (χ0v) is 24.5. The summed E-state index contributed by atoms with van der Waals surface area (Å²) in [7, 11) is -1.03. The van der Waals surface area contributed by atoms with Gasteiger partial charge in [0, 0.05) is 8.80 Å². The minimum Gasteiger partial charge on any atom is -0.0715 e. The van der Waals surface area contributed by atoms with E-state index in [-0.39, 0.29) is 0 Å². The summed E-state index contributed by atoms with van der Waals surface area (Å²) in [4.78, 5) is 0. The predicted octanol–water partition coefficient (Wildman–Crippen LogP) is 8.99. The third-order valence-electron chi connectivity index (χ3n) is 12.3. The Morgan fingerprint density at radius 2 is 0.656 bits per heavy atom. The van der Waals surface area contributed by atoms with Crippen LogP contribution < -0.4 is 0 Å². The Labute approximate surface area is 201 Å². The van der Waals surface area contributed by atoms with Gasteiger partial charge in [-0.15, -0.1) is 0 Å². The number of allylic oxidation sites excluding steroid dienone is 8. The number of fused-ring (bicyclic) bond motifs is 2. The van der Waals surface area contributed by atoms with Crippen molar-refractivity contribution >= 4 is 8.80 Å². The van der Waals surface area contributed by atoms with E-state index in [9.17, 15) is 0 Å². The van der Waals surface area contributed by atoms with Crippen molar-refractivity contribution < 1.29 is 0 Å². The molecule has 0 amide bonds. The van der Waals surface area contributed by atoms with Gasteiger partial charge in [0.25, 0.3) is 0 Å². The lowest BCUT2D eigenvalue weighted by Crippen LogP contribution is -2.37. The summed E-state index contributed by atoms with van der Waals surface area (Å²) < 4.78 is 0. The van der Waals surface area contributed by atoms with Crippen molar-refractivity contribution in [2.75, 3.05) is 0 Å². The SMILES string of the molecule is CC1=C(C)C2C(C)C(C)C([SiH](C)C3C(C)C(C)C4C(C)=C(C)C(C)=C(C)C43)C2C(C)=C1C. The van der Waals surface area contributed by atoms with E-state index in [1.165, 1.54) is 0 Å². The van der Waals surface area contributed by atoms with Gasteiger partial charge in [-0.3, -0.25) is 0 Å². The molecule has 4 rings (SSSR count). The van der Waals surface area contributed by atoms with E-state index in [0.29, 0.717) is 0 Å². The van der Waals surface area contributed by atoms with Gasteiger partial charge in [-0.25, -0.2) is 0 Å². The van der Waals surface area contributed by atoms with E-state index in [0.717, 1.165) is 58.4 Å². The molecule has 0 saturated heterocycles. The summed E-state index contributed by atoms with van der Waals surface area (Å²) in [5.41, 5.74) is 15.2. The molecule has 4 aliphatic rings. The lowest BCUT2D eigenvalue weighted by atomic mass is 9.72. The number of rotatable bonds is 2. The lowest BCUT2D eigenvalue weighted by Gasteiger charge is -2.42. The van der Waals surface area contributed by atoms with Crippen molar-refractivity contribution in [3.63, 3.8) is 0 Å². The van der Waals surface area contributed by atoms with Crippen molar-refractivity contribution in [1.29, 1.82) is 0 Å². The molecule has 0 radical (unpaired) electrons. The van der Waals surface area contributed by atoms with Gasteiger partial charge in [-0.05, 0) is 136 Å². The van der Waals surface area contributed by atoms with Crippen LogP contribution in [-0.2, 0) is 0 Å². The van der Waals surface area contributed by atoms with E-state index in [1.807, 2.05) is 0 Å². The highest BCUT2D eigenvalue weighted by Gasteiger charge is 2.57.